The molecule has 0 bridgehead atoms. The van der Waals surface area contributed by atoms with Crippen LogP contribution >= 0.6 is 0 Å². The maximum atomic E-state index is 12.5. The average molecular weight is 324 g/mol. The molecule has 126 valence electrons. The Morgan fingerprint density at radius 2 is 1.75 bits per heavy atom. The second-order valence-corrected chi connectivity index (χ2v) is 6.35. The van der Waals surface area contributed by atoms with Crippen LogP contribution in [0.4, 0.5) is 11.4 Å². The third-order valence-electron chi connectivity index (χ3n) is 3.67. The van der Waals surface area contributed by atoms with E-state index in [1.807, 2.05) is 37.3 Å². The first-order valence-electron chi connectivity index (χ1n) is 8.22. The van der Waals surface area contributed by atoms with E-state index in [-0.39, 0.29) is 11.8 Å². The second kappa shape index (κ2) is 8.29. The molecule has 0 saturated heterocycles. The molecule has 0 aliphatic carbocycles. The topological polar surface area (TPSA) is 58.2 Å². The molecule has 4 heteroatoms. The second-order valence-electron chi connectivity index (χ2n) is 6.35. The van der Waals surface area contributed by atoms with Crippen LogP contribution in [0.25, 0.3) is 0 Å². The fourth-order valence-corrected chi connectivity index (χ4v) is 2.34. The summed E-state index contributed by atoms with van der Waals surface area (Å²) in [5.74, 6) is 0.162. The van der Waals surface area contributed by atoms with Crippen LogP contribution in [-0.4, -0.2) is 11.8 Å². The minimum absolute atomic E-state index is 0.0699. The maximum Gasteiger partial charge on any atom is 0.257 e. The molecule has 2 N–H and O–H groups in total. The van der Waals surface area contributed by atoms with Gasteiger partial charge in [-0.1, -0.05) is 38.1 Å². The van der Waals surface area contributed by atoms with E-state index in [9.17, 15) is 9.59 Å². The van der Waals surface area contributed by atoms with Crippen LogP contribution in [0, 0.1) is 12.8 Å². The number of benzene rings is 2. The number of carbonyl (C=O) groups is 2. The predicted octanol–water partition coefficient (Wildman–Crippen LogP) is 4.62. The lowest BCUT2D eigenvalue weighted by atomic mass is 10.1. The van der Waals surface area contributed by atoms with Gasteiger partial charge in [-0.15, -0.1) is 0 Å². The molecule has 24 heavy (non-hydrogen) atoms. The number of carbonyl (C=O) groups excluding carboxylic acids is 2. The van der Waals surface area contributed by atoms with Crippen LogP contribution in [0.5, 0.6) is 0 Å². The molecule has 0 spiro atoms. The molecule has 0 saturated carbocycles. The normalized spacial score (nSPS) is 10.5. The van der Waals surface area contributed by atoms with Crippen molar-refractivity contribution in [2.75, 3.05) is 10.6 Å². The van der Waals surface area contributed by atoms with Gasteiger partial charge in [-0.2, -0.15) is 0 Å². The molecule has 0 fully saturated rings. The summed E-state index contributed by atoms with van der Waals surface area (Å²) in [5, 5.41) is 5.72. The Labute approximate surface area is 143 Å². The monoisotopic (exact) mass is 324 g/mol. The molecule has 2 rings (SSSR count). The summed E-state index contributed by atoms with van der Waals surface area (Å²) in [5.41, 5.74) is 2.80. The first-order valence-corrected chi connectivity index (χ1v) is 8.22. The van der Waals surface area contributed by atoms with Gasteiger partial charge < -0.3 is 10.6 Å². The molecular weight excluding hydrogens is 300 g/mol. The molecule has 0 radical (unpaired) electrons. The third kappa shape index (κ3) is 5.23. The lowest BCUT2D eigenvalue weighted by Crippen LogP contribution is -2.18. The Balaban J connectivity index is 2.10. The van der Waals surface area contributed by atoms with Gasteiger partial charge in [0, 0.05) is 12.1 Å². The molecule has 0 aromatic heterocycles. The summed E-state index contributed by atoms with van der Waals surface area (Å²) in [4.78, 5) is 24.6. The largest absolute Gasteiger partial charge is 0.325 e. The fourth-order valence-electron chi connectivity index (χ4n) is 2.34. The summed E-state index contributed by atoms with van der Waals surface area (Å²) < 4.78 is 0. The molecular formula is C20H24N2O2. The summed E-state index contributed by atoms with van der Waals surface area (Å²) in [7, 11) is 0. The Morgan fingerprint density at radius 3 is 2.46 bits per heavy atom. The minimum atomic E-state index is -0.236. The highest BCUT2D eigenvalue weighted by Gasteiger charge is 2.13. The number of hydrogen-bond acceptors (Lipinski definition) is 2. The van der Waals surface area contributed by atoms with Gasteiger partial charge in [0.2, 0.25) is 5.91 Å². The van der Waals surface area contributed by atoms with Crippen LogP contribution in [0.1, 0.15) is 42.6 Å². The summed E-state index contributed by atoms with van der Waals surface area (Å²) in [6.07, 6.45) is 1.27. The van der Waals surface area contributed by atoms with Gasteiger partial charge in [0.1, 0.15) is 0 Å². The van der Waals surface area contributed by atoms with Crippen molar-refractivity contribution >= 4 is 23.2 Å². The molecule has 2 aromatic carbocycles. The average Bonchev–Trinajstić information content (AvgIpc) is 2.53. The van der Waals surface area contributed by atoms with Crippen molar-refractivity contribution in [2.24, 2.45) is 5.92 Å². The van der Waals surface area contributed by atoms with Crippen LogP contribution in [0.15, 0.2) is 48.5 Å². The number of para-hydroxylation sites is 1. The minimum Gasteiger partial charge on any atom is -0.325 e. The molecule has 0 unspecified atom stereocenters. The Kier molecular flexibility index (Phi) is 6.13. The van der Waals surface area contributed by atoms with E-state index in [1.54, 1.807) is 18.2 Å². The Bertz CT molecular complexity index is 723. The summed E-state index contributed by atoms with van der Waals surface area (Å²) >= 11 is 0. The smallest absolute Gasteiger partial charge is 0.257 e. The summed E-state index contributed by atoms with van der Waals surface area (Å²) in [6.45, 7) is 6.13. The van der Waals surface area contributed by atoms with Crippen molar-refractivity contribution in [2.45, 2.75) is 33.6 Å². The van der Waals surface area contributed by atoms with Crippen LogP contribution < -0.4 is 10.6 Å². The van der Waals surface area contributed by atoms with Gasteiger partial charge >= 0.3 is 0 Å². The van der Waals surface area contributed by atoms with Gasteiger partial charge in [-0.25, -0.2) is 0 Å². The lowest BCUT2D eigenvalue weighted by Gasteiger charge is -2.12. The molecule has 2 amide bonds. The number of anilines is 2. The van der Waals surface area contributed by atoms with Crippen molar-refractivity contribution in [3.05, 3.63) is 59.7 Å². The first kappa shape index (κ1) is 17.7. The van der Waals surface area contributed by atoms with Crippen molar-refractivity contribution in [3.63, 3.8) is 0 Å². The third-order valence-corrected chi connectivity index (χ3v) is 3.67. The SMILES string of the molecule is Cc1cccc(NC(=O)c2ccccc2NC(=O)CCC(C)C)c1. The Morgan fingerprint density at radius 1 is 1.00 bits per heavy atom. The van der Waals surface area contributed by atoms with E-state index in [0.717, 1.165) is 17.7 Å². The standard InChI is InChI=1S/C20H24N2O2/c1-14(2)11-12-19(23)22-18-10-5-4-9-17(18)20(24)21-16-8-6-7-15(3)13-16/h4-10,13-14H,11-12H2,1-3H3,(H,21,24)(H,22,23). The fraction of sp³-hybridized carbons (Fsp3) is 0.300. The number of amides is 2. The zero-order valence-corrected chi connectivity index (χ0v) is 14.4. The molecule has 0 heterocycles. The van der Waals surface area contributed by atoms with E-state index in [2.05, 4.69) is 24.5 Å². The number of aryl methyl sites for hydroxylation is 1. The van der Waals surface area contributed by atoms with Crippen molar-refractivity contribution in [1.29, 1.82) is 0 Å². The number of nitrogens with one attached hydrogen (secondary N) is 2. The number of hydrogen-bond donors (Lipinski definition) is 2. The highest BCUT2D eigenvalue weighted by Crippen LogP contribution is 2.19. The van der Waals surface area contributed by atoms with Crippen LogP contribution in [0.3, 0.4) is 0 Å². The molecule has 0 aliphatic rings. The zero-order valence-electron chi connectivity index (χ0n) is 14.4. The Hall–Kier alpha value is -2.62. The molecule has 2 aromatic rings. The van der Waals surface area contributed by atoms with Gasteiger partial charge in [-0.05, 0) is 49.1 Å². The van der Waals surface area contributed by atoms with Crippen molar-refractivity contribution in [1.82, 2.24) is 0 Å². The van der Waals surface area contributed by atoms with E-state index >= 15 is 0 Å². The van der Waals surface area contributed by atoms with E-state index in [0.29, 0.717) is 23.6 Å². The zero-order chi connectivity index (χ0) is 17.5. The first-order chi connectivity index (χ1) is 11.5. The van der Waals surface area contributed by atoms with E-state index in [1.165, 1.54) is 0 Å². The van der Waals surface area contributed by atoms with E-state index in [4.69, 9.17) is 0 Å². The van der Waals surface area contributed by atoms with Gasteiger partial charge in [0.05, 0.1) is 11.3 Å². The van der Waals surface area contributed by atoms with Gasteiger partial charge in [0.25, 0.3) is 5.91 Å². The van der Waals surface area contributed by atoms with E-state index < -0.39 is 0 Å². The van der Waals surface area contributed by atoms with Crippen molar-refractivity contribution in [3.8, 4) is 0 Å². The van der Waals surface area contributed by atoms with Crippen LogP contribution in [0.2, 0.25) is 0 Å². The van der Waals surface area contributed by atoms with Crippen molar-refractivity contribution < 1.29 is 9.59 Å². The maximum absolute atomic E-state index is 12.5. The number of rotatable bonds is 6. The quantitative estimate of drug-likeness (QED) is 0.814. The van der Waals surface area contributed by atoms with Gasteiger partial charge in [-0.3, -0.25) is 9.59 Å². The predicted molar refractivity (Wildman–Crippen MR) is 98.3 cm³/mol. The molecule has 4 nitrogen and oxygen atoms in total. The highest BCUT2D eigenvalue weighted by atomic mass is 16.2. The summed E-state index contributed by atoms with van der Waals surface area (Å²) in [6, 6.07) is 14.7. The molecule has 0 atom stereocenters. The highest BCUT2D eigenvalue weighted by molar-refractivity contribution is 6.10. The van der Waals surface area contributed by atoms with Gasteiger partial charge in [0.15, 0.2) is 0 Å². The van der Waals surface area contributed by atoms with Crippen LogP contribution in [-0.2, 0) is 4.79 Å². The lowest BCUT2D eigenvalue weighted by molar-refractivity contribution is -0.116. The molecule has 0 aliphatic heterocycles.